The summed E-state index contributed by atoms with van der Waals surface area (Å²) < 4.78 is 5.22. The van der Waals surface area contributed by atoms with E-state index in [1.54, 1.807) is 0 Å². The van der Waals surface area contributed by atoms with Gasteiger partial charge in [-0.1, -0.05) is 45.9 Å². The molecule has 0 aromatic carbocycles. The molecule has 0 aromatic heterocycles. The molecule has 1 aliphatic rings. The van der Waals surface area contributed by atoms with Crippen LogP contribution in [0.2, 0.25) is 0 Å². The van der Waals surface area contributed by atoms with E-state index in [9.17, 15) is 4.79 Å². The third-order valence-electron chi connectivity index (χ3n) is 4.07. The molecule has 0 spiro atoms. The molecular weight excluding hydrogens is 286 g/mol. The van der Waals surface area contributed by atoms with Gasteiger partial charge in [-0.05, 0) is 43.8 Å². The van der Waals surface area contributed by atoms with E-state index in [2.05, 4.69) is 44.7 Å². The topological polar surface area (TPSA) is 29.5 Å². The number of ether oxygens (including phenoxy) is 1. The Morgan fingerprint density at radius 1 is 1.22 bits per heavy atom. The van der Waals surface area contributed by atoms with Crippen molar-refractivity contribution >= 4 is 5.97 Å². The Labute approximate surface area is 142 Å². The predicted molar refractivity (Wildman–Crippen MR) is 97.3 cm³/mol. The van der Waals surface area contributed by atoms with E-state index in [-0.39, 0.29) is 5.97 Å². The van der Waals surface area contributed by atoms with Gasteiger partial charge in [0.15, 0.2) is 0 Å². The fourth-order valence-corrected chi connectivity index (χ4v) is 2.58. The highest BCUT2D eigenvalue weighted by Gasteiger charge is 2.15. The van der Waals surface area contributed by atoms with Crippen LogP contribution in [-0.4, -0.2) is 36.6 Å². The summed E-state index contributed by atoms with van der Waals surface area (Å²) in [6.07, 6.45) is 10.9. The van der Waals surface area contributed by atoms with Gasteiger partial charge in [-0.15, -0.1) is 0 Å². The molecule has 1 aliphatic carbocycles. The summed E-state index contributed by atoms with van der Waals surface area (Å²) in [6, 6.07) is 0.567. The summed E-state index contributed by atoms with van der Waals surface area (Å²) >= 11 is 0. The third-order valence-corrected chi connectivity index (χ3v) is 4.07. The minimum atomic E-state index is -0.210. The third kappa shape index (κ3) is 7.17. The van der Waals surface area contributed by atoms with E-state index >= 15 is 0 Å². The first kappa shape index (κ1) is 19.7. The van der Waals surface area contributed by atoms with Gasteiger partial charge in [0.2, 0.25) is 0 Å². The Morgan fingerprint density at radius 3 is 2.57 bits per heavy atom. The largest absolute Gasteiger partial charge is 0.462 e. The first-order valence-corrected chi connectivity index (χ1v) is 8.96. The number of carbonyl (C=O) groups is 1. The SMILES string of the molecule is CCCOC(=O)C1=CCC=C(CN(CC(C)C)C(C)CC)C=C1. The van der Waals surface area contributed by atoms with Crippen molar-refractivity contribution in [2.24, 2.45) is 5.92 Å². The Bertz CT molecular complexity index is 460. The molecule has 0 heterocycles. The van der Waals surface area contributed by atoms with Gasteiger partial charge in [-0.2, -0.15) is 0 Å². The Balaban J connectivity index is 2.68. The first-order chi connectivity index (χ1) is 11.0. The van der Waals surface area contributed by atoms with Crippen molar-refractivity contribution in [2.45, 2.75) is 59.9 Å². The van der Waals surface area contributed by atoms with Gasteiger partial charge in [0.25, 0.3) is 0 Å². The number of esters is 1. The van der Waals surface area contributed by atoms with E-state index in [0.29, 0.717) is 24.1 Å². The van der Waals surface area contributed by atoms with Gasteiger partial charge in [-0.25, -0.2) is 4.79 Å². The molecule has 3 nitrogen and oxygen atoms in total. The van der Waals surface area contributed by atoms with Crippen molar-refractivity contribution in [3.8, 4) is 0 Å². The van der Waals surface area contributed by atoms with E-state index < -0.39 is 0 Å². The molecule has 0 aliphatic heterocycles. The number of rotatable bonds is 9. The van der Waals surface area contributed by atoms with E-state index in [1.165, 1.54) is 5.57 Å². The molecular formula is C20H33NO2. The molecule has 0 aromatic rings. The standard InChI is InChI=1S/C20H33NO2/c1-6-13-23-20(22)19-10-8-9-18(11-12-19)15-21(14-16(3)4)17(5)7-2/h9-12,16-17H,6-8,13-15H2,1-5H3. The molecule has 0 N–H and O–H groups in total. The molecule has 0 radical (unpaired) electrons. The molecule has 0 bridgehead atoms. The van der Waals surface area contributed by atoms with Crippen molar-refractivity contribution in [1.29, 1.82) is 0 Å². The van der Waals surface area contributed by atoms with Gasteiger partial charge in [-0.3, -0.25) is 4.90 Å². The zero-order valence-corrected chi connectivity index (χ0v) is 15.5. The van der Waals surface area contributed by atoms with Crippen LogP contribution in [0.15, 0.2) is 35.5 Å². The highest BCUT2D eigenvalue weighted by molar-refractivity contribution is 5.91. The van der Waals surface area contributed by atoms with E-state index in [4.69, 9.17) is 4.74 Å². The van der Waals surface area contributed by atoms with Crippen LogP contribution < -0.4 is 0 Å². The minimum absolute atomic E-state index is 0.210. The average Bonchev–Trinajstić information content (AvgIpc) is 2.76. The number of allylic oxidation sites excluding steroid dienone is 2. The Kier molecular flexibility index (Phi) is 8.93. The van der Waals surface area contributed by atoms with Crippen LogP contribution >= 0.6 is 0 Å². The van der Waals surface area contributed by atoms with Crippen LogP contribution in [-0.2, 0) is 9.53 Å². The van der Waals surface area contributed by atoms with Gasteiger partial charge in [0.05, 0.1) is 12.2 Å². The van der Waals surface area contributed by atoms with Crippen molar-refractivity contribution in [1.82, 2.24) is 4.90 Å². The van der Waals surface area contributed by atoms with Crippen LogP contribution in [0, 0.1) is 5.92 Å². The van der Waals surface area contributed by atoms with Gasteiger partial charge < -0.3 is 4.74 Å². The highest BCUT2D eigenvalue weighted by Crippen LogP contribution is 2.16. The van der Waals surface area contributed by atoms with Crippen LogP contribution in [0.1, 0.15) is 53.9 Å². The maximum atomic E-state index is 12.0. The Hall–Kier alpha value is -1.35. The van der Waals surface area contributed by atoms with Crippen LogP contribution in [0.4, 0.5) is 0 Å². The fraction of sp³-hybridized carbons (Fsp3) is 0.650. The van der Waals surface area contributed by atoms with Crippen molar-refractivity contribution < 1.29 is 9.53 Å². The second-order valence-corrected chi connectivity index (χ2v) is 6.72. The van der Waals surface area contributed by atoms with Gasteiger partial charge in [0, 0.05) is 19.1 Å². The van der Waals surface area contributed by atoms with E-state index in [0.717, 1.165) is 32.4 Å². The summed E-state index contributed by atoms with van der Waals surface area (Å²) in [7, 11) is 0. The normalized spacial score (nSPS) is 16.1. The molecule has 130 valence electrons. The molecule has 3 heteroatoms. The zero-order chi connectivity index (χ0) is 17.2. The fourth-order valence-electron chi connectivity index (χ4n) is 2.58. The smallest absolute Gasteiger partial charge is 0.337 e. The summed E-state index contributed by atoms with van der Waals surface area (Å²) in [5.74, 6) is 0.441. The number of nitrogens with zero attached hydrogens (tertiary/aromatic N) is 1. The predicted octanol–water partition coefficient (Wildman–Crippen LogP) is 4.51. The quantitative estimate of drug-likeness (QED) is 0.586. The lowest BCUT2D eigenvalue weighted by atomic mass is 10.1. The number of hydrogen-bond acceptors (Lipinski definition) is 3. The lowest BCUT2D eigenvalue weighted by molar-refractivity contribution is -0.138. The van der Waals surface area contributed by atoms with Crippen LogP contribution in [0.5, 0.6) is 0 Å². The monoisotopic (exact) mass is 319 g/mol. The highest BCUT2D eigenvalue weighted by atomic mass is 16.5. The van der Waals surface area contributed by atoms with Crippen molar-refractivity contribution in [3.63, 3.8) is 0 Å². The molecule has 0 saturated heterocycles. The molecule has 1 unspecified atom stereocenters. The van der Waals surface area contributed by atoms with Crippen LogP contribution in [0.3, 0.4) is 0 Å². The first-order valence-electron chi connectivity index (χ1n) is 8.96. The molecule has 1 rings (SSSR count). The lowest BCUT2D eigenvalue weighted by Crippen LogP contribution is -2.37. The summed E-state index contributed by atoms with van der Waals surface area (Å²) in [4.78, 5) is 14.5. The van der Waals surface area contributed by atoms with Crippen molar-refractivity contribution in [3.05, 3.63) is 35.5 Å². The summed E-state index contributed by atoms with van der Waals surface area (Å²) in [6.45, 7) is 13.6. The van der Waals surface area contributed by atoms with Crippen LogP contribution in [0.25, 0.3) is 0 Å². The molecule has 1 atom stereocenters. The van der Waals surface area contributed by atoms with Gasteiger partial charge >= 0.3 is 5.97 Å². The van der Waals surface area contributed by atoms with E-state index in [1.807, 2.05) is 19.1 Å². The summed E-state index contributed by atoms with van der Waals surface area (Å²) in [5.41, 5.74) is 1.95. The maximum absolute atomic E-state index is 12.0. The molecule has 0 fully saturated rings. The molecule has 0 saturated carbocycles. The minimum Gasteiger partial charge on any atom is -0.462 e. The number of carbonyl (C=O) groups excluding carboxylic acids is 1. The number of hydrogen-bond donors (Lipinski definition) is 0. The molecule has 23 heavy (non-hydrogen) atoms. The Morgan fingerprint density at radius 2 is 1.96 bits per heavy atom. The molecule has 0 amide bonds. The maximum Gasteiger partial charge on any atom is 0.337 e. The summed E-state index contributed by atoms with van der Waals surface area (Å²) in [5, 5.41) is 0. The average molecular weight is 319 g/mol. The second-order valence-electron chi connectivity index (χ2n) is 6.72. The van der Waals surface area contributed by atoms with Gasteiger partial charge in [0.1, 0.15) is 0 Å². The van der Waals surface area contributed by atoms with Crippen molar-refractivity contribution in [2.75, 3.05) is 19.7 Å². The second kappa shape index (κ2) is 10.4. The zero-order valence-electron chi connectivity index (χ0n) is 15.5. The lowest BCUT2D eigenvalue weighted by Gasteiger charge is -2.30.